The van der Waals surface area contributed by atoms with Crippen LogP contribution >= 0.6 is 0 Å². The first-order valence-corrected chi connectivity index (χ1v) is 9.41. The molecule has 1 fully saturated rings. The van der Waals surface area contributed by atoms with Crippen LogP contribution in [0.25, 0.3) is 0 Å². The van der Waals surface area contributed by atoms with Crippen LogP contribution < -0.4 is 0 Å². The normalized spacial score (nSPS) is 19.0. The van der Waals surface area contributed by atoms with Gasteiger partial charge in [0.25, 0.3) is 5.91 Å². The topological polar surface area (TPSA) is 91.5 Å². The van der Waals surface area contributed by atoms with Gasteiger partial charge >= 0.3 is 0 Å². The van der Waals surface area contributed by atoms with Crippen LogP contribution in [0.15, 0.2) is 36.5 Å². The molecule has 0 unspecified atom stereocenters. The maximum atomic E-state index is 13.0. The predicted octanol–water partition coefficient (Wildman–Crippen LogP) is 1.90. The molecule has 8 heteroatoms. The molecule has 0 spiro atoms. The van der Waals surface area contributed by atoms with Crippen LogP contribution in [0.3, 0.4) is 0 Å². The Labute approximate surface area is 162 Å². The number of nitrogens with zero attached hydrogens (tertiary/aromatic N) is 5. The first kappa shape index (κ1) is 18.2. The van der Waals surface area contributed by atoms with Crippen LogP contribution in [0.5, 0.6) is 0 Å². The second-order valence-corrected chi connectivity index (χ2v) is 7.04. The molecule has 0 aliphatic carbocycles. The van der Waals surface area contributed by atoms with Crippen LogP contribution in [0, 0.1) is 11.3 Å². The van der Waals surface area contributed by atoms with Crippen LogP contribution in [-0.4, -0.2) is 51.3 Å². The molecular weight excluding hydrogens is 358 g/mol. The van der Waals surface area contributed by atoms with E-state index in [9.17, 15) is 9.59 Å². The third-order valence-electron chi connectivity index (χ3n) is 5.10. The largest absolute Gasteiger partial charge is 0.331 e. The van der Waals surface area contributed by atoms with Crippen molar-refractivity contribution in [1.82, 2.24) is 19.7 Å². The molecule has 0 radical (unpaired) electrons. The number of hydrogen-bond donors (Lipinski definition) is 0. The Morgan fingerprint density at radius 3 is 2.96 bits per heavy atom. The van der Waals surface area contributed by atoms with Gasteiger partial charge in [-0.1, -0.05) is 6.07 Å². The number of rotatable bonds is 3. The molecule has 144 valence electrons. The summed E-state index contributed by atoms with van der Waals surface area (Å²) in [5.41, 5.74) is 1.80. The molecule has 0 bridgehead atoms. The van der Waals surface area contributed by atoms with Crippen LogP contribution in [0.2, 0.25) is 0 Å². The highest BCUT2D eigenvalue weighted by molar-refractivity contribution is 5.94. The number of carbonyl (C=O) groups is 2. The molecular formula is C20H21N5O3. The monoisotopic (exact) mass is 379 g/mol. The van der Waals surface area contributed by atoms with E-state index in [1.54, 1.807) is 35.4 Å². The second kappa shape index (κ2) is 7.82. The van der Waals surface area contributed by atoms with Crippen molar-refractivity contribution >= 4 is 11.8 Å². The third kappa shape index (κ3) is 3.62. The fraction of sp³-hybridized carbons (Fsp3) is 0.400. The summed E-state index contributed by atoms with van der Waals surface area (Å²) in [5.74, 6) is -0.247. The molecule has 1 aromatic heterocycles. The van der Waals surface area contributed by atoms with E-state index < -0.39 is 0 Å². The molecule has 1 aromatic carbocycles. The molecule has 0 N–H and O–H groups in total. The third-order valence-corrected chi connectivity index (χ3v) is 5.10. The summed E-state index contributed by atoms with van der Waals surface area (Å²) in [6.45, 7) is 1.95. The van der Waals surface area contributed by atoms with E-state index in [1.165, 1.54) is 5.06 Å². The van der Waals surface area contributed by atoms with Crippen LogP contribution in [-0.2, 0) is 16.2 Å². The number of hydroxylamine groups is 2. The van der Waals surface area contributed by atoms with Crippen molar-refractivity contribution in [3.8, 4) is 6.07 Å². The Kier molecular flexibility index (Phi) is 5.08. The summed E-state index contributed by atoms with van der Waals surface area (Å²) in [6, 6.07) is 10.3. The molecule has 4 rings (SSSR count). The zero-order valence-electron chi connectivity index (χ0n) is 15.5. The Balaban J connectivity index is 1.52. The number of carbonyl (C=O) groups excluding carboxylic acids is 2. The van der Waals surface area contributed by atoms with Gasteiger partial charge in [-0.05, 0) is 37.1 Å². The highest BCUT2D eigenvalue weighted by Crippen LogP contribution is 2.25. The molecule has 2 aromatic rings. The van der Waals surface area contributed by atoms with Crippen molar-refractivity contribution in [3.05, 3.63) is 53.3 Å². The number of benzene rings is 1. The fourth-order valence-corrected chi connectivity index (χ4v) is 3.69. The average molecular weight is 379 g/mol. The molecule has 3 heterocycles. The van der Waals surface area contributed by atoms with Gasteiger partial charge in [0.15, 0.2) is 0 Å². The van der Waals surface area contributed by atoms with E-state index in [1.807, 2.05) is 10.7 Å². The minimum atomic E-state index is -0.250. The molecule has 2 amide bonds. The highest BCUT2D eigenvalue weighted by atomic mass is 16.7. The number of aromatic nitrogens is 2. The summed E-state index contributed by atoms with van der Waals surface area (Å²) >= 11 is 0. The van der Waals surface area contributed by atoms with Crippen LogP contribution in [0.1, 0.15) is 46.9 Å². The zero-order valence-corrected chi connectivity index (χ0v) is 15.5. The van der Waals surface area contributed by atoms with Gasteiger partial charge in [0.1, 0.15) is 0 Å². The Hall–Kier alpha value is -3.18. The van der Waals surface area contributed by atoms with Gasteiger partial charge in [-0.25, -0.2) is 5.06 Å². The first-order valence-electron chi connectivity index (χ1n) is 9.41. The fourth-order valence-electron chi connectivity index (χ4n) is 3.69. The van der Waals surface area contributed by atoms with Crippen molar-refractivity contribution in [2.75, 3.05) is 19.7 Å². The van der Waals surface area contributed by atoms with E-state index in [-0.39, 0.29) is 24.3 Å². The molecule has 1 atom stereocenters. The van der Waals surface area contributed by atoms with Crippen molar-refractivity contribution in [1.29, 1.82) is 5.26 Å². The van der Waals surface area contributed by atoms with Gasteiger partial charge in [0.2, 0.25) is 5.91 Å². The molecule has 28 heavy (non-hydrogen) atoms. The van der Waals surface area contributed by atoms with Crippen LogP contribution in [0.4, 0.5) is 0 Å². The van der Waals surface area contributed by atoms with Crippen molar-refractivity contribution in [2.24, 2.45) is 0 Å². The number of nitriles is 1. The Morgan fingerprint density at radius 2 is 2.18 bits per heavy atom. The lowest BCUT2D eigenvalue weighted by Gasteiger charge is -2.35. The molecule has 0 saturated carbocycles. The lowest BCUT2D eigenvalue weighted by Crippen LogP contribution is -2.44. The molecule has 8 nitrogen and oxygen atoms in total. The number of hydrogen-bond acceptors (Lipinski definition) is 5. The van der Waals surface area contributed by atoms with Gasteiger partial charge in [-0.2, -0.15) is 10.4 Å². The summed E-state index contributed by atoms with van der Waals surface area (Å²) in [6.07, 6.45) is 3.80. The van der Waals surface area contributed by atoms with Gasteiger partial charge in [0.05, 0.1) is 42.9 Å². The maximum Gasteiger partial charge on any atom is 0.254 e. The Morgan fingerprint density at radius 1 is 1.29 bits per heavy atom. The highest BCUT2D eigenvalue weighted by Gasteiger charge is 2.32. The summed E-state index contributed by atoms with van der Waals surface area (Å²) in [4.78, 5) is 32.8. The van der Waals surface area contributed by atoms with E-state index in [0.29, 0.717) is 37.4 Å². The minimum Gasteiger partial charge on any atom is -0.331 e. The SMILES string of the molecule is N#Cc1cccc(C(=O)N2Cc3ccnn3[C@H](CC(=O)N3CCCCO3)C2)c1. The quantitative estimate of drug-likeness (QED) is 0.812. The summed E-state index contributed by atoms with van der Waals surface area (Å²) in [5, 5.41) is 14.9. The summed E-state index contributed by atoms with van der Waals surface area (Å²) in [7, 11) is 0. The van der Waals surface area contributed by atoms with Crippen molar-refractivity contribution in [3.63, 3.8) is 0 Å². The van der Waals surface area contributed by atoms with Gasteiger partial charge < -0.3 is 4.90 Å². The lowest BCUT2D eigenvalue weighted by atomic mass is 10.1. The maximum absolute atomic E-state index is 13.0. The van der Waals surface area contributed by atoms with Gasteiger partial charge in [0, 0.05) is 24.8 Å². The van der Waals surface area contributed by atoms with E-state index >= 15 is 0 Å². The smallest absolute Gasteiger partial charge is 0.254 e. The van der Waals surface area contributed by atoms with Crippen molar-refractivity contribution < 1.29 is 14.4 Å². The number of fused-ring (bicyclic) bond motifs is 1. The molecule has 2 aliphatic heterocycles. The zero-order chi connectivity index (χ0) is 19.5. The number of amides is 2. The first-order chi connectivity index (χ1) is 13.7. The molecule has 2 aliphatic rings. The van der Waals surface area contributed by atoms with Crippen molar-refractivity contribution in [2.45, 2.75) is 31.8 Å². The minimum absolute atomic E-state index is 0.0908. The van der Waals surface area contributed by atoms with Gasteiger partial charge in [-0.15, -0.1) is 0 Å². The standard InChI is InChI=1S/C20H21N5O3/c21-12-15-4-3-5-16(10-15)20(27)23-13-17-6-7-22-25(17)18(14-23)11-19(26)24-8-1-2-9-28-24/h3-7,10,18H,1-2,8-9,11,13-14H2/t18-/m1/s1. The second-order valence-electron chi connectivity index (χ2n) is 7.04. The molecule has 1 saturated heterocycles. The van der Waals surface area contributed by atoms with Gasteiger partial charge in [-0.3, -0.25) is 19.1 Å². The average Bonchev–Trinajstić information content (AvgIpc) is 3.23. The Bertz CT molecular complexity index is 926. The predicted molar refractivity (Wildman–Crippen MR) is 98.7 cm³/mol. The lowest BCUT2D eigenvalue weighted by molar-refractivity contribution is -0.198. The van der Waals surface area contributed by atoms with E-state index in [2.05, 4.69) is 11.2 Å². The van der Waals surface area contributed by atoms with E-state index in [4.69, 9.17) is 10.1 Å². The van der Waals surface area contributed by atoms with E-state index in [0.717, 1.165) is 18.5 Å². The summed E-state index contributed by atoms with van der Waals surface area (Å²) < 4.78 is 1.83.